The molecule has 4 rings (SSSR count). The number of rotatable bonds is 5. The van der Waals surface area contributed by atoms with Crippen molar-refractivity contribution in [3.8, 4) is 0 Å². The monoisotopic (exact) mass is 414 g/mol. The van der Waals surface area contributed by atoms with Crippen molar-refractivity contribution < 1.29 is 9.84 Å². The lowest BCUT2D eigenvalue weighted by atomic mass is 9.94. The molecule has 0 spiro atoms. The molecule has 0 saturated carbocycles. The third-order valence-corrected chi connectivity index (χ3v) is 6.45. The first-order chi connectivity index (χ1) is 14.1. The van der Waals surface area contributed by atoms with E-state index in [2.05, 4.69) is 53.1 Å². The van der Waals surface area contributed by atoms with Gasteiger partial charge in [-0.25, -0.2) is 0 Å². The molecule has 2 unspecified atom stereocenters. The molecule has 4 atom stereocenters. The van der Waals surface area contributed by atoms with E-state index in [1.54, 1.807) is 0 Å². The Morgan fingerprint density at radius 3 is 2.52 bits per heavy atom. The first-order valence-corrected chi connectivity index (χ1v) is 11.0. The Hall–Kier alpha value is -1.43. The predicted molar refractivity (Wildman–Crippen MR) is 117 cm³/mol. The zero-order valence-corrected chi connectivity index (χ0v) is 17.8. The molecule has 0 aliphatic carbocycles. The number of piperidine rings is 1. The maximum atomic E-state index is 11.0. The smallest absolute Gasteiger partial charge is 0.0822 e. The molecule has 29 heavy (non-hydrogen) atoms. The van der Waals surface area contributed by atoms with Crippen LogP contribution in [0, 0.1) is 0 Å². The van der Waals surface area contributed by atoms with Gasteiger partial charge >= 0.3 is 0 Å². The molecule has 2 aromatic carbocycles. The molecular formula is C24H31ClN2O2. The van der Waals surface area contributed by atoms with Gasteiger partial charge in [-0.2, -0.15) is 0 Å². The Bertz CT molecular complexity index is 770. The summed E-state index contributed by atoms with van der Waals surface area (Å²) in [5.74, 6) is 0. The highest BCUT2D eigenvalue weighted by atomic mass is 35.5. The Balaban J connectivity index is 1.41. The third kappa shape index (κ3) is 5.39. The Kier molecular flexibility index (Phi) is 6.88. The van der Waals surface area contributed by atoms with E-state index in [0.717, 1.165) is 44.0 Å². The molecule has 2 aliphatic heterocycles. The van der Waals surface area contributed by atoms with Gasteiger partial charge in [0.15, 0.2) is 0 Å². The van der Waals surface area contributed by atoms with Gasteiger partial charge < -0.3 is 9.84 Å². The fraction of sp³-hybridized carbons (Fsp3) is 0.500. The average molecular weight is 415 g/mol. The number of halogens is 1. The van der Waals surface area contributed by atoms with Crippen LogP contribution in [0.2, 0.25) is 5.02 Å². The van der Waals surface area contributed by atoms with E-state index in [1.165, 1.54) is 11.1 Å². The van der Waals surface area contributed by atoms with E-state index in [-0.39, 0.29) is 24.3 Å². The summed E-state index contributed by atoms with van der Waals surface area (Å²) in [7, 11) is 0. The van der Waals surface area contributed by atoms with E-state index >= 15 is 0 Å². The number of nitrogens with zero attached hydrogens (tertiary/aromatic N) is 2. The number of aliphatic hydroxyl groups is 1. The molecule has 5 heteroatoms. The van der Waals surface area contributed by atoms with Crippen molar-refractivity contribution in [2.24, 2.45) is 0 Å². The molecule has 2 saturated heterocycles. The van der Waals surface area contributed by atoms with Crippen molar-refractivity contribution in [2.75, 3.05) is 26.2 Å². The van der Waals surface area contributed by atoms with Crippen LogP contribution < -0.4 is 0 Å². The van der Waals surface area contributed by atoms with Gasteiger partial charge in [0.25, 0.3) is 0 Å². The van der Waals surface area contributed by atoms with Crippen LogP contribution in [0.25, 0.3) is 0 Å². The van der Waals surface area contributed by atoms with Crippen LogP contribution in [0.4, 0.5) is 0 Å². The molecule has 0 aromatic heterocycles. The van der Waals surface area contributed by atoms with Crippen LogP contribution in [0.5, 0.6) is 0 Å². The van der Waals surface area contributed by atoms with Gasteiger partial charge in [0.2, 0.25) is 0 Å². The highest BCUT2D eigenvalue weighted by Gasteiger charge is 2.38. The highest BCUT2D eigenvalue weighted by molar-refractivity contribution is 6.30. The largest absolute Gasteiger partial charge is 0.390 e. The number of morpholine rings is 1. The molecule has 2 aromatic rings. The molecular weight excluding hydrogens is 384 g/mol. The summed E-state index contributed by atoms with van der Waals surface area (Å²) in [6, 6.07) is 19.1. The fourth-order valence-corrected chi connectivity index (χ4v) is 4.83. The average Bonchev–Trinajstić information content (AvgIpc) is 2.72. The van der Waals surface area contributed by atoms with Crippen LogP contribution in [-0.4, -0.2) is 65.4 Å². The summed E-state index contributed by atoms with van der Waals surface area (Å²) >= 11 is 6.04. The van der Waals surface area contributed by atoms with Gasteiger partial charge in [-0.15, -0.1) is 0 Å². The topological polar surface area (TPSA) is 35.9 Å². The Morgan fingerprint density at radius 2 is 1.79 bits per heavy atom. The van der Waals surface area contributed by atoms with Gasteiger partial charge in [-0.05, 0) is 43.0 Å². The zero-order chi connectivity index (χ0) is 20.2. The number of β-amino-alcohol motifs (C(OH)–C–C–N with tert-alkyl or cyclic N) is 1. The van der Waals surface area contributed by atoms with Crippen molar-refractivity contribution in [1.29, 1.82) is 0 Å². The molecule has 2 aliphatic rings. The SMILES string of the molecule is C[C@H]1CN(C2CCN(Cc3ccccc3)C[C@H]2O)C(Cc2ccc(Cl)cc2)CO1. The number of hydrogen-bond donors (Lipinski definition) is 1. The highest BCUT2D eigenvalue weighted by Crippen LogP contribution is 2.26. The maximum absolute atomic E-state index is 11.0. The number of hydrogen-bond acceptors (Lipinski definition) is 4. The second kappa shape index (κ2) is 9.59. The third-order valence-electron chi connectivity index (χ3n) is 6.20. The van der Waals surface area contributed by atoms with Crippen molar-refractivity contribution in [1.82, 2.24) is 9.80 Å². The van der Waals surface area contributed by atoms with E-state index in [9.17, 15) is 5.11 Å². The molecule has 1 N–H and O–H groups in total. The normalized spacial score (nSPS) is 29.1. The minimum Gasteiger partial charge on any atom is -0.390 e. The second-order valence-corrected chi connectivity index (χ2v) is 8.91. The molecule has 0 radical (unpaired) electrons. The van der Waals surface area contributed by atoms with Crippen LogP contribution in [0.15, 0.2) is 54.6 Å². The van der Waals surface area contributed by atoms with E-state index < -0.39 is 0 Å². The number of benzene rings is 2. The van der Waals surface area contributed by atoms with Crippen molar-refractivity contribution in [2.45, 2.75) is 50.6 Å². The first kappa shape index (κ1) is 20.8. The van der Waals surface area contributed by atoms with Crippen molar-refractivity contribution >= 4 is 11.6 Å². The quantitative estimate of drug-likeness (QED) is 0.810. The summed E-state index contributed by atoms with van der Waals surface area (Å²) in [6.07, 6.45) is 1.76. The van der Waals surface area contributed by atoms with Crippen molar-refractivity contribution in [3.63, 3.8) is 0 Å². The maximum Gasteiger partial charge on any atom is 0.0822 e. The van der Waals surface area contributed by atoms with Crippen LogP contribution in [0.3, 0.4) is 0 Å². The van der Waals surface area contributed by atoms with E-state index in [0.29, 0.717) is 6.61 Å². The minimum absolute atomic E-state index is 0.186. The summed E-state index contributed by atoms with van der Waals surface area (Å²) in [5, 5.41) is 11.8. The summed E-state index contributed by atoms with van der Waals surface area (Å²) < 4.78 is 5.98. The van der Waals surface area contributed by atoms with Crippen LogP contribution in [0.1, 0.15) is 24.5 Å². The molecule has 156 valence electrons. The van der Waals surface area contributed by atoms with E-state index in [1.807, 2.05) is 18.2 Å². The van der Waals surface area contributed by atoms with Gasteiger partial charge in [-0.1, -0.05) is 54.1 Å². The lowest BCUT2D eigenvalue weighted by molar-refractivity contribution is -0.107. The van der Waals surface area contributed by atoms with Gasteiger partial charge in [0.05, 0.1) is 18.8 Å². The number of ether oxygens (including phenoxy) is 1. The number of aliphatic hydroxyl groups excluding tert-OH is 1. The van der Waals surface area contributed by atoms with Gasteiger partial charge in [0, 0.05) is 43.3 Å². The van der Waals surface area contributed by atoms with Gasteiger partial charge in [-0.3, -0.25) is 9.80 Å². The lowest BCUT2D eigenvalue weighted by Crippen LogP contribution is -2.61. The summed E-state index contributed by atoms with van der Waals surface area (Å²) in [6.45, 7) is 6.34. The molecule has 2 heterocycles. The molecule has 0 amide bonds. The molecule has 4 nitrogen and oxygen atoms in total. The van der Waals surface area contributed by atoms with Crippen molar-refractivity contribution in [3.05, 3.63) is 70.7 Å². The summed E-state index contributed by atoms with van der Waals surface area (Å²) in [4.78, 5) is 4.88. The lowest BCUT2D eigenvalue weighted by Gasteiger charge is -2.48. The summed E-state index contributed by atoms with van der Waals surface area (Å²) in [5.41, 5.74) is 2.57. The van der Waals surface area contributed by atoms with Crippen LogP contribution >= 0.6 is 11.6 Å². The predicted octanol–water partition coefficient (Wildman–Crippen LogP) is 3.61. The Morgan fingerprint density at radius 1 is 1.03 bits per heavy atom. The first-order valence-electron chi connectivity index (χ1n) is 10.6. The zero-order valence-electron chi connectivity index (χ0n) is 17.1. The van der Waals surface area contributed by atoms with Crippen LogP contribution in [-0.2, 0) is 17.7 Å². The van der Waals surface area contributed by atoms with Gasteiger partial charge in [0.1, 0.15) is 0 Å². The Labute approximate surface area is 179 Å². The standard InChI is InChI=1S/C24H31ClN2O2/c1-18-14-27(22(17-29-18)13-19-7-9-21(25)10-8-19)23-11-12-26(16-24(23)28)15-20-5-3-2-4-6-20/h2-10,18,22-24,28H,11-17H2,1H3/t18-,22?,23?,24+/m0/s1. The minimum atomic E-state index is -0.342. The second-order valence-electron chi connectivity index (χ2n) is 8.47. The molecule has 0 bridgehead atoms. The molecule has 2 fully saturated rings. The number of likely N-dealkylation sites (tertiary alicyclic amines) is 1. The van der Waals surface area contributed by atoms with E-state index in [4.69, 9.17) is 16.3 Å². The fourth-order valence-electron chi connectivity index (χ4n) is 4.70.